The highest BCUT2D eigenvalue weighted by molar-refractivity contribution is 9.10. The van der Waals surface area contributed by atoms with Gasteiger partial charge in [0, 0.05) is 23.0 Å². The van der Waals surface area contributed by atoms with Gasteiger partial charge in [-0.2, -0.15) is 0 Å². The van der Waals surface area contributed by atoms with Crippen LogP contribution in [0.15, 0.2) is 22.7 Å². The number of aliphatic hydroxyl groups excluding tert-OH is 1. The Morgan fingerprint density at radius 1 is 1.56 bits per heavy atom. The van der Waals surface area contributed by atoms with E-state index in [2.05, 4.69) is 15.9 Å². The summed E-state index contributed by atoms with van der Waals surface area (Å²) >= 11 is 3.34. The van der Waals surface area contributed by atoms with Gasteiger partial charge in [0.15, 0.2) is 0 Å². The lowest BCUT2D eigenvalue weighted by Crippen LogP contribution is -2.43. The van der Waals surface area contributed by atoms with Gasteiger partial charge in [0.05, 0.1) is 12.7 Å². The molecule has 100 valence electrons. The molecule has 1 aliphatic heterocycles. The number of ether oxygens (including phenoxy) is 1. The van der Waals surface area contributed by atoms with E-state index in [0.717, 1.165) is 12.8 Å². The first-order valence-corrected chi connectivity index (χ1v) is 6.79. The van der Waals surface area contributed by atoms with E-state index in [4.69, 9.17) is 10.5 Å². The lowest BCUT2D eigenvalue weighted by molar-refractivity contribution is -0.0785. The zero-order valence-corrected chi connectivity index (χ0v) is 11.6. The Kier molecular flexibility index (Phi) is 4.37. The molecule has 2 unspecified atom stereocenters. The maximum Gasteiger partial charge on any atom is 0.123 e. The van der Waals surface area contributed by atoms with Crippen LogP contribution >= 0.6 is 15.9 Å². The van der Waals surface area contributed by atoms with Crippen LogP contribution in [0.3, 0.4) is 0 Å². The van der Waals surface area contributed by atoms with Crippen LogP contribution in [-0.4, -0.2) is 24.9 Å². The van der Waals surface area contributed by atoms with Crippen molar-refractivity contribution in [2.45, 2.75) is 18.9 Å². The fourth-order valence-corrected chi connectivity index (χ4v) is 2.88. The third kappa shape index (κ3) is 2.59. The summed E-state index contributed by atoms with van der Waals surface area (Å²) in [5.74, 6) is -0.365. The maximum absolute atomic E-state index is 13.3. The Morgan fingerprint density at radius 3 is 2.94 bits per heavy atom. The lowest BCUT2D eigenvalue weighted by atomic mass is 9.75. The zero-order chi connectivity index (χ0) is 13.2. The van der Waals surface area contributed by atoms with Gasteiger partial charge in [0.25, 0.3) is 0 Å². The van der Waals surface area contributed by atoms with Crippen molar-refractivity contribution in [3.05, 3.63) is 34.1 Å². The number of nitrogens with two attached hydrogens (primary N) is 1. The topological polar surface area (TPSA) is 55.5 Å². The van der Waals surface area contributed by atoms with Gasteiger partial charge in [-0.25, -0.2) is 4.39 Å². The normalized spacial score (nSPS) is 26.0. The highest BCUT2D eigenvalue weighted by atomic mass is 79.9. The third-order valence-corrected chi connectivity index (χ3v) is 4.31. The van der Waals surface area contributed by atoms with Gasteiger partial charge >= 0.3 is 0 Å². The molecule has 5 heteroatoms. The second kappa shape index (κ2) is 5.65. The van der Waals surface area contributed by atoms with Gasteiger partial charge < -0.3 is 15.6 Å². The summed E-state index contributed by atoms with van der Waals surface area (Å²) in [6.45, 7) is 1.42. The molecule has 1 aliphatic rings. The first kappa shape index (κ1) is 13.9. The van der Waals surface area contributed by atoms with Gasteiger partial charge in [0.2, 0.25) is 0 Å². The number of rotatable bonds is 3. The largest absolute Gasteiger partial charge is 0.388 e. The van der Waals surface area contributed by atoms with Crippen LogP contribution < -0.4 is 5.73 Å². The van der Waals surface area contributed by atoms with E-state index >= 15 is 0 Å². The summed E-state index contributed by atoms with van der Waals surface area (Å²) in [6.07, 6.45) is 0.822. The minimum atomic E-state index is -0.826. The predicted octanol–water partition coefficient (Wildman–Crippen LogP) is 2.38. The second-order valence-corrected chi connectivity index (χ2v) is 5.65. The van der Waals surface area contributed by atoms with Gasteiger partial charge in [-0.3, -0.25) is 0 Å². The van der Waals surface area contributed by atoms with E-state index in [1.165, 1.54) is 12.1 Å². The lowest BCUT2D eigenvalue weighted by Gasteiger charge is -2.40. The molecule has 0 radical (unpaired) electrons. The van der Waals surface area contributed by atoms with E-state index in [1.807, 2.05) is 0 Å². The molecule has 2 rings (SSSR count). The van der Waals surface area contributed by atoms with Gasteiger partial charge in [-0.1, -0.05) is 15.9 Å². The van der Waals surface area contributed by atoms with Crippen LogP contribution in [-0.2, 0) is 4.74 Å². The van der Waals surface area contributed by atoms with Crippen LogP contribution in [0.25, 0.3) is 0 Å². The summed E-state index contributed by atoms with van der Waals surface area (Å²) < 4.78 is 19.4. The second-order valence-electron chi connectivity index (χ2n) is 4.79. The number of hydrogen-bond acceptors (Lipinski definition) is 3. The SMILES string of the molecule is NCC1(C(O)c2cc(F)ccc2Br)CCCOC1. The average molecular weight is 318 g/mol. The zero-order valence-electron chi connectivity index (χ0n) is 10.0. The molecule has 3 nitrogen and oxygen atoms in total. The van der Waals surface area contributed by atoms with Crippen LogP contribution in [0, 0.1) is 11.2 Å². The summed E-state index contributed by atoms with van der Waals surface area (Å²) in [7, 11) is 0. The van der Waals surface area contributed by atoms with Gasteiger partial charge in [0.1, 0.15) is 5.82 Å². The Balaban J connectivity index is 2.33. The third-order valence-electron chi connectivity index (χ3n) is 3.59. The van der Waals surface area contributed by atoms with Crippen LogP contribution in [0.4, 0.5) is 4.39 Å². The van der Waals surface area contributed by atoms with Crippen molar-refractivity contribution in [3.63, 3.8) is 0 Å². The quantitative estimate of drug-likeness (QED) is 0.900. The number of aliphatic hydroxyl groups is 1. The Labute approximate surface area is 114 Å². The van der Waals surface area contributed by atoms with E-state index in [1.54, 1.807) is 6.07 Å². The Hall–Kier alpha value is -0.490. The summed E-state index contributed by atoms with van der Waals surface area (Å²) in [4.78, 5) is 0. The maximum atomic E-state index is 13.3. The van der Waals surface area contributed by atoms with Crippen LogP contribution in [0.1, 0.15) is 24.5 Å². The first-order chi connectivity index (χ1) is 8.59. The Morgan fingerprint density at radius 2 is 2.33 bits per heavy atom. The fraction of sp³-hybridized carbons (Fsp3) is 0.538. The minimum Gasteiger partial charge on any atom is -0.388 e. The van der Waals surface area contributed by atoms with Crippen molar-refractivity contribution in [1.82, 2.24) is 0 Å². The molecule has 3 N–H and O–H groups in total. The van der Waals surface area contributed by atoms with Crippen molar-refractivity contribution in [2.75, 3.05) is 19.8 Å². The molecule has 0 amide bonds. The highest BCUT2D eigenvalue weighted by Crippen LogP contribution is 2.42. The van der Waals surface area contributed by atoms with Gasteiger partial charge in [-0.15, -0.1) is 0 Å². The smallest absolute Gasteiger partial charge is 0.123 e. The monoisotopic (exact) mass is 317 g/mol. The number of hydrogen-bond donors (Lipinski definition) is 2. The molecule has 0 aliphatic carbocycles. The molecular weight excluding hydrogens is 301 g/mol. The van der Waals surface area contributed by atoms with Crippen molar-refractivity contribution >= 4 is 15.9 Å². The number of benzene rings is 1. The molecule has 0 aromatic heterocycles. The molecule has 1 heterocycles. The molecule has 0 saturated carbocycles. The van der Waals surface area contributed by atoms with Crippen molar-refractivity contribution < 1.29 is 14.2 Å². The molecule has 0 spiro atoms. The fourth-order valence-electron chi connectivity index (χ4n) is 2.42. The van der Waals surface area contributed by atoms with E-state index in [-0.39, 0.29) is 5.82 Å². The van der Waals surface area contributed by atoms with Crippen molar-refractivity contribution in [2.24, 2.45) is 11.1 Å². The molecule has 0 bridgehead atoms. The van der Waals surface area contributed by atoms with Crippen LogP contribution in [0.5, 0.6) is 0 Å². The average Bonchev–Trinajstić information content (AvgIpc) is 2.41. The molecule has 18 heavy (non-hydrogen) atoms. The summed E-state index contributed by atoms with van der Waals surface area (Å²) in [6, 6.07) is 4.30. The van der Waals surface area contributed by atoms with E-state index in [0.29, 0.717) is 29.8 Å². The summed E-state index contributed by atoms with van der Waals surface area (Å²) in [5, 5.41) is 10.5. The van der Waals surface area contributed by atoms with Crippen LogP contribution in [0.2, 0.25) is 0 Å². The molecule has 1 aromatic carbocycles. The Bertz CT molecular complexity index is 421. The van der Waals surface area contributed by atoms with E-state index in [9.17, 15) is 9.50 Å². The molecule has 1 saturated heterocycles. The molecule has 2 atom stereocenters. The highest BCUT2D eigenvalue weighted by Gasteiger charge is 2.40. The number of halogens is 2. The van der Waals surface area contributed by atoms with Crippen molar-refractivity contribution in [1.29, 1.82) is 0 Å². The minimum absolute atomic E-state index is 0.317. The molecule has 1 aromatic rings. The van der Waals surface area contributed by atoms with Crippen molar-refractivity contribution in [3.8, 4) is 0 Å². The predicted molar refractivity (Wildman–Crippen MR) is 70.6 cm³/mol. The molecular formula is C13H17BrFNO2. The summed E-state index contributed by atoms with van der Waals surface area (Å²) in [5.41, 5.74) is 5.83. The van der Waals surface area contributed by atoms with E-state index < -0.39 is 11.5 Å². The molecule has 1 fully saturated rings. The first-order valence-electron chi connectivity index (χ1n) is 6.00. The standard InChI is InChI=1S/C13H17BrFNO2/c14-11-3-2-9(15)6-10(11)12(17)13(7-16)4-1-5-18-8-13/h2-3,6,12,17H,1,4-5,7-8,16H2. The van der Waals surface area contributed by atoms with Gasteiger partial charge in [-0.05, 0) is 36.6 Å².